The highest BCUT2D eigenvalue weighted by Gasteiger charge is 2.04. The van der Waals surface area contributed by atoms with E-state index < -0.39 is 0 Å². The van der Waals surface area contributed by atoms with Crippen molar-refractivity contribution >= 4 is 23.0 Å². The monoisotopic (exact) mass is 266 g/mol. The van der Waals surface area contributed by atoms with E-state index in [0.29, 0.717) is 5.69 Å². The van der Waals surface area contributed by atoms with Crippen LogP contribution in [0.2, 0.25) is 0 Å². The third kappa shape index (κ3) is 4.13. The number of hydrogen-bond acceptors (Lipinski definition) is 4. The van der Waals surface area contributed by atoms with Crippen molar-refractivity contribution in [2.75, 3.05) is 5.43 Å². The molecular formula is C15H14N4O. The molecule has 0 amide bonds. The molecule has 0 unspecified atom stereocenters. The van der Waals surface area contributed by atoms with E-state index in [1.54, 1.807) is 12.1 Å². The van der Waals surface area contributed by atoms with Crippen LogP contribution in [0.4, 0.5) is 11.4 Å². The van der Waals surface area contributed by atoms with Crippen molar-refractivity contribution < 1.29 is 4.79 Å². The topological polar surface area (TPSA) is 66.2 Å². The average molecular weight is 266 g/mol. The first kappa shape index (κ1) is 13.6. The number of anilines is 1. The Morgan fingerprint density at radius 1 is 0.950 bits per heavy atom. The van der Waals surface area contributed by atoms with Gasteiger partial charge in [-0.25, -0.2) is 0 Å². The van der Waals surface area contributed by atoms with Crippen LogP contribution in [0, 0.1) is 0 Å². The molecule has 5 nitrogen and oxygen atoms in total. The summed E-state index contributed by atoms with van der Waals surface area (Å²) in [6.45, 7) is 1.40. The van der Waals surface area contributed by atoms with Crippen molar-refractivity contribution in [3.05, 3.63) is 60.7 Å². The first-order valence-electron chi connectivity index (χ1n) is 6.12. The van der Waals surface area contributed by atoms with Gasteiger partial charge in [0.1, 0.15) is 0 Å². The molecule has 20 heavy (non-hydrogen) atoms. The van der Waals surface area contributed by atoms with Crippen molar-refractivity contribution in [2.24, 2.45) is 15.3 Å². The summed E-state index contributed by atoms with van der Waals surface area (Å²) in [6, 6.07) is 18.5. The fraction of sp³-hybridized carbons (Fsp3) is 0.0667. The molecule has 0 aliphatic carbocycles. The number of rotatable bonds is 4. The summed E-state index contributed by atoms with van der Waals surface area (Å²) in [4.78, 5) is 11.5. The molecule has 0 bridgehead atoms. The van der Waals surface area contributed by atoms with E-state index in [1.807, 2.05) is 48.5 Å². The highest BCUT2D eigenvalue weighted by Crippen LogP contribution is 2.10. The van der Waals surface area contributed by atoms with Gasteiger partial charge in [0.05, 0.1) is 11.4 Å². The quantitative estimate of drug-likeness (QED) is 0.396. The average Bonchev–Trinajstić information content (AvgIpc) is 2.49. The minimum absolute atomic E-state index is 0.0257. The fourth-order valence-corrected chi connectivity index (χ4v) is 1.40. The van der Waals surface area contributed by atoms with Crippen molar-refractivity contribution in [3.63, 3.8) is 0 Å². The summed E-state index contributed by atoms with van der Waals surface area (Å²) in [5, 5.41) is 11.8. The smallest absolute Gasteiger partial charge is 0.236 e. The van der Waals surface area contributed by atoms with Crippen molar-refractivity contribution in [3.8, 4) is 0 Å². The van der Waals surface area contributed by atoms with Crippen LogP contribution in [-0.2, 0) is 4.79 Å². The number of carbonyl (C=O) groups excluding carboxylic acids is 1. The zero-order valence-electron chi connectivity index (χ0n) is 11.0. The van der Waals surface area contributed by atoms with Gasteiger partial charge in [-0.3, -0.25) is 10.2 Å². The lowest BCUT2D eigenvalue weighted by Gasteiger charge is -2.00. The van der Waals surface area contributed by atoms with Crippen LogP contribution in [0.5, 0.6) is 0 Å². The third-order valence-electron chi connectivity index (χ3n) is 2.40. The molecular weight excluding hydrogens is 252 g/mol. The number of azo groups is 1. The van der Waals surface area contributed by atoms with Gasteiger partial charge in [-0.05, 0) is 24.3 Å². The minimum Gasteiger partial charge on any atom is -0.291 e. The number of hydrogen-bond donors (Lipinski definition) is 1. The molecule has 0 aliphatic rings. The summed E-state index contributed by atoms with van der Waals surface area (Å²) < 4.78 is 0. The molecule has 100 valence electrons. The Kier molecular flexibility index (Phi) is 4.72. The van der Waals surface area contributed by atoms with Crippen LogP contribution in [0.15, 0.2) is 76.0 Å². The van der Waals surface area contributed by atoms with Crippen LogP contribution in [0.1, 0.15) is 6.92 Å². The maximum atomic E-state index is 11.5. The Labute approximate surface area is 117 Å². The van der Waals surface area contributed by atoms with Gasteiger partial charge in [0.2, 0.25) is 11.6 Å². The SMILES string of the molecule is CC(=O)C(/N=N/c1ccccc1)=N\Nc1ccccc1. The predicted molar refractivity (Wildman–Crippen MR) is 79.1 cm³/mol. The Hall–Kier alpha value is -2.82. The van der Waals surface area contributed by atoms with E-state index in [9.17, 15) is 4.79 Å². The number of nitrogens with one attached hydrogen (secondary N) is 1. The lowest BCUT2D eigenvalue weighted by molar-refractivity contribution is -0.111. The molecule has 2 aromatic carbocycles. The number of ketones is 1. The molecule has 0 aromatic heterocycles. The van der Waals surface area contributed by atoms with Gasteiger partial charge in [0.15, 0.2) is 0 Å². The molecule has 0 radical (unpaired) electrons. The first-order valence-corrected chi connectivity index (χ1v) is 6.12. The number of benzene rings is 2. The van der Waals surface area contributed by atoms with Gasteiger partial charge in [0, 0.05) is 6.92 Å². The maximum absolute atomic E-state index is 11.5. The molecule has 0 spiro atoms. The Bertz CT molecular complexity index is 621. The number of nitrogens with zero attached hydrogens (tertiary/aromatic N) is 3. The molecule has 0 fully saturated rings. The van der Waals surface area contributed by atoms with E-state index in [2.05, 4.69) is 20.8 Å². The van der Waals surface area contributed by atoms with Crippen LogP contribution >= 0.6 is 0 Å². The summed E-state index contributed by atoms with van der Waals surface area (Å²) in [5.74, 6) is -0.231. The Morgan fingerprint density at radius 2 is 1.55 bits per heavy atom. The summed E-state index contributed by atoms with van der Waals surface area (Å²) in [5.41, 5.74) is 4.22. The molecule has 5 heteroatoms. The second kappa shape index (κ2) is 6.94. The summed E-state index contributed by atoms with van der Waals surface area (Å²) in [6.07, 6.45) is 0. The van der Waals surface area contributed by atoms with Gasteiger partial charge in [-0.1, -0.05) is 36.4 Å². The van der Waals surface area contributed by atoms with Crippen LogP contribution in [0.25, 0.3) is 0 Å². The standard InChI is InChI=1S/C15H14N4O/c1-12(20)15(18-16-13-8-4-2-5-9-13)19-17-14-10-6-3-7-11-14/h2-11,16H,1H3/b18-15+,19-17+. The molecule has 0 aliphatic heterocycles. The molecule has 0 saturated carbocycles. The van der Waals surface area contributed by atoms with Crippen molar-refractivity contribution in [1.29, 1.82) is 0 Å². The number of carbonyl (C=O) groups is 1. The number of amidine groups is 1. The highest BCUT2D eigenvalue weighted by atomic mass is 16.1. The van der Waals surface area contributed by atoms with E-state index >= 15 is 0 Å². The second-order valence-corrected chi connectivity index (χ2v) is 4.00. The summed E-state index contributed by atoms with van der Waals surface area (Å²) in [7, 11) is 0. The highest BCUT2D eigenvalue weighted by molar-refractivity contribution is 6.38. The molecule has 0 heterocycles. The Balaban J connectivity index is 2.11. The molecule has 0 atom stereocenters. The number of Topliss-reactive ketones (excluding diaryl/α,β-unsaturated/α-hetero) is 1. The molecule has 2 rings (SSSR count). The largest absolute Gasteiger partial charge is 0.291 e. The first-order chi connectivity index (χ1) is 9.75. The van der Waals surface area contributed by atoms with Crippen LogP contribution in [-0.4, -0.2) is 11.6 Å². The van der Waals surface area contributed by atoms with Gasteiger partial charge in [0.25, 0.3) is 0 Å². The zero-order valence-corrected chi connectivity index (χ0v) is 11.0. The van der Waals surface area contributed by atoms with Crippen molar-refractivity contribution in [1.82, 2.24) is 0 Å². The second-order valence-electron chi connectivity index (χ2n) is 4.00. The normalized spacial score (nSPS) is 11.6. The van der Waals surface area contributed by atoms with E-state index in [4.69, 9.17) is 0 Å². The number of para-hydroxylation sites is 1. The number of hydrazone groups is 1. The molecule has 0 saturated heterocycles. The van der Waals surface area contributed by atoms with Gasteiger partial charge in [-0.15, -0.1) is 15.3 Å². The van der Waals surface area contributed by atoms with E-state index in [0.717, 1.165) is 5.69 Å². The van der Waals surface area contributed by atoms with E-state index in [1.165, 1.54) is 6.92 Å². The van der Waals surface area contributed by atoms with E-state index in [-0.39, 0.29) is 11.6 Å². The van der Waals surface area contributed by atoms with Crippen LogP contribution in [0.3, 0.4) is 0 Å². The van der Waals surface area contributed by atoms with Crippen molar-refractivity contribution in [2.45, 2.75) is 6.92 Å². The zero-order chi connectivity index (χ0) is 14.2. The van der Waals surface area contributed by atoms with Gasteiger partial charge < -0.3 is 0 Å². The molecule has 2 aromatic rings. The van der Waals surface area contributed by atoms with Gasteiger partial charge >= 0.3 is 0 Å². The van der Waals surface area contributed by atoms with Gasteiger partial charge in [-0.2, -0.15) is 0 Å². The fourth-order valence-electron chi connectivity index (χ4n) is 1.40. The Morgan fingerprint density at radius 3 is 2.15 bits per heavy atom. The van der Waals surface area contributed by atoms with Crippen LogP contribution < -0.4 is 5.43 Å². The predicted octanol–water partition coefficient (Wildman–Crippen LogP) is 3.78. The lowest BCUT2D eigenvalue weighted by atomic mass is 10.3. The minimum atomic E-state index is -0.256. The summed E-state index contributed by atoms with van der Waals surface area (Å²) >= 11 is 0. The molecule has 1 N–H and O–H groups in total. The third-order valence-corrected chi connectivity index (χ3v) is 2.40. The lowest BCUT2D eigenvalue weighted by Crippen LogP contribution is -2.08. The maximum Gasteiger partial charge on any atom is 0.236 e.